The van der Waals surface area contributed by atoms with E-state index in [1.54, 1.807) is 4.90 Å². The van der Waals surface area contributed by atoms with Gasteiger partial charge in [0.1, 0.15) is 12.6 Å². The number of likely N-dealkylation sites (N-methyl/N-ethyl adjacent to an activating group) is 1. The molecule has 2 rings (SSSR count). The Morgan fingerprint density at radius 3 is 2.74 bits per heavy atom. The zero-order valence-corrected chi connectivity index (χ0v) is 14.0. The molecular weight excluding hydrogens is 294 g/mol. The Kier molecular flexibility index (Phi) is 6.12. The van der Waals surface area contributed by atoms with Gasteiger partial charge in [-0.2, -0.15) is 0 Å². The third kappa shape index (κ3) is 4.77. The van der Waals surface area contributed by atoms with E-state index in [1.165, 1.54) is 0 Å². The summed E-state index contributed by atoms with van der Waals surface area (Å²) in [5, 5.41) is 2.92. The number of ether oxygens (including phenoxy) is 1. The fourth-order valence-electron chi connectivity index (χ4n) is 2.35. The highest BCUT2D eigenvalue weighted by atomic mass is 16.5. The molecule has 1 fully saturated rings. The molecule has 1 N–H and O–H groups in total. The van der Waals surface area contributed by atoms with Crippen molar-refractivity contribution in [3.8, 4) is 0 Å². The number of carbonyl (C=O) groups excluding carboxylic acids is 2. The normalized spacial score (nSPS) is 19.7. The second-order valence-electron chi connectivity index (χ2n) is 6.10. The highest BCUT2D eigenvalue weighted by Gasteiger charge is 2.34. The standard InChI is InChI=1S/C17H25N3O3/c1-13(19(2)3)9-18-17(22)15-11-23-12-16(21)20(15)10-14-7-5-4-6-8-14/h4-8,13,15H,9-12H2,1-3H3,(H,18,22)/t13-,15+/m0/s1. The molecule has 6 heteroatoms. The number of amides is 2. The summed E-state index contributed by atoms with van der Waals surface area (Å²) in [5.74, 6) is -0.316. The maximum absolute atomic E-state index is 12.5. The van der Waals surface area contributed by atoms with Gasteiger partial charge in [0, 0.05) is 19.1 Å². The second-order valence-corrected chi connectivity index (χ2v) is 6.10. The smallest absolute Gasteiger partial charge is 0.249 e. The van der Waals surface area contributed by atoms with Gasteiger partial charge in [-0.25, -0.2) is 0 Å². The van der Waals surface area contributed by atoms with Gasteiger partial charge in [-0.3, -0.25) is 9.59 Å². The fraction of sp³-hybridized carbons (Fsp3) is 0.529. The van der Waals surface area contributed by atoms with Crippen LogP contribution in [0, 0.1) is 0 Å². The predicted molar refractivity (Wildman–Crippen MR) is 87.8 cm³/mol. The number of nitrogens with zero attached hydrogens (tertiary/aromatic N) is 2. The Morgan fingerprint density at radius 2 is 2.09 bits per heavy atom. The molecule has 2 atom stereocenters. The van der Waals surface area contributed by atoms with Crippen molar-refractivity contribution >= 4 is 11.8 Å². The average Bonchev–Trinajstić information content (AvgIpc) is 2.55. The van der Waals surface area contributed by atoms with E-state index in [2.05, 4.69) is 5.32 Å². The van der Waals surface area contributed by atoms with Crippen LogP contribution in [-0.4, -0.2) is 67.6 Å². The van der Waals surface area contributed by atoms with Crippen LogP contribution in [0.25, 0.3) is 0 Å². The highest BCUT2D eigenvalue weighted by molar-refractivity contribution is 5.89. The zero-order chi connectivity index (χ0) is 16.8. The van der Waals surface area contributed by atoms with Crippen LogP contribution in [0.1, 0.15) is 12.5 Å². The molecule has 0 unspecified atom stereocenters. The first-order valence-corrected chi connectivity index (χ1v) is 7.84. The zero-order valence-electron chi connectivity index (χ0n) is 14.0. The summed E-state index contributed by atoms with van der Waals surface area (Å²) >= 11 is 0. The van der Waals surface area contributed by atoms with Gasteiger partial charge < -0.3 is 19.9 Å². The van der Waals surface area contributed by atoms with Crippen LogP contribution >= 0.6 is 0 Å². The van der Waals surface area contributed by atoms with Crippen molar-refractivity contribution in [3.05, 3.63) is 35.9 Å². The third-order valence-corrected chi connectivity index (χ3v) is 4.15. The molecule has 1 aromatic rings. The molecule has 1 heterocycles. The topological polar surface area (TPSA) is 61.9 Å². The Morgan fingerprint density at radius 1 is 1.39 bits per heavy atom. The molecule has 0 bridgehead atoms. The van der Waals surface area contributed by atoms with Crippen LogP contribution in [0.3, 0.4) is 0 Å². The van der Waals surface area contributed by atoms with Crippen molar-refractivity contribution in [2.24, 2.45) is 0 Å². The summed E-state index contributed by atoms with van der Waals surface area (Å²) in [6.45, 7) is 3.26. The number of rotatable bonds is 6. The lowest BCUT2D eigenvalue weighted by molar-refractivity contribution is -0.155. The molecule has 0 aliphatic carbocycles. The Hall–Kier alpha value is -1.92. The quantitative estimate of drug-likeness (QED) is 0.828. The number of hydrogen-bond donors (Lipinski definition) is 1. The van der Waals surface area contributed by atoms with E-state index < -0.39 is 6.04 Å². The van der Waals surface area contributed by atoms with E-state index in [-0.39, 0.29) is 31.1 Å². The van der Waals surface area contributed by atoms with Crippen LogP contribution in [0.5, 0.6) is 0 Å². The minimum atomic E-state index is -0.578. The molecular formula is C17H25N3O3. The van der Waals surface area contributed by atoms with Crippen molar-refractivity contribution < 1.29 is 14.3 Å². The van der Waals surface area contributed by atoms with Crippen molar-refractivity contribution in [2.45, 2.75) is 25.6 Å². The number of hydrogen-bond acceptors (Lipinski definition) is 4. The van der Waals surface area contributed by atoms with Crippen LogP contribution in [-0.2, 0) is 20.9 Å². The summed E-state index contributed by atoms with van der Waals surface area (Å²) in [5.41, 5.74) is 1.00. The number of morpholine rings is 1. The minimum absolute atomic E-state index is 0.0325. The van der Waals surface area contributed by atoms with E-state index >= 15 is 0 Å². The lowest BCUT2D eigenvalue weighted by atomic mass is 10.1. The van der Waals surface area contributed by atoms with E-state index in [0.717, 1.165) is 5.56 Å². The van der Waals surface area contributed by atoms with Gasteiger partial charge in [-0.15, -0.1) is 0 Å². The molecule has 0 saturated carbocycles. The summed E-state index contributed by atoms with van der Waals surface area (Å²) in [4.78, 5) is 28.3. The number of benzene rings is 1. The number of nitrogens with one attached hydrogen (secondary N) is 1. The molecule has 1 saturated heterocycles. The maximum atomic E-state index is 12.5. The van der Waals surface area contributed by atoms with Crippen LogP contribution in [0.15, 0.2) is 30.3 Å². The van der Waals surface area contributed by atoms with Gasteiger partial charge in [0.15, 0.2) is 0 Å². The average molecular weight is 319 g/mol. The molecule has 6 nitrogen and oxygen atoms in total. The SMILES string of the molecule is C[C@@H](CNC(=O)[C@H]1COCC(=O)N1Cc1ccccc1)N(C)C. The van der Waals surface area contributed by atoms with E-state index in [1.807, 2.05) is 56.3 Å². The van der Waals surface area contributed by atoms with E-state index in [4.69, 9.17) is 4.74 Å². The van der Waals surface area contributed by atoms with Gasteiger partial charge in [-0.1, -0.05) is 30.3 Å². The molecule has 23 heavy (non-hydrogen) atoms. The highest BCUT2D eigenvalue weighted by Crippen LogP contribution is 2.13. The van der Waals surface area contributed by atoms with Gasteiger partial charge >= 0.3 is 0 Å². The van der Waals surface area contributed by atoms with Crippen LogP contribution in [0.4, 0.5) is 0 Å². The summed E-state index contributed by atoms with van der Waals surface area (Å²) in [6.07, 6.45) is 0. The van der Waals surface area contributed by atoms with Crippen molar-refractivity contribution in [1.82, 2.24) is 15.1 Å². The van der Waals surface area contributed by atoms with E-state index in [0.29, 0.717) is 13.1 Å². The molecule has 126 valence electrons. The van der Waals surface area contributed by atoms with Crippen LogP contribution in [0.2, 0.25) is 0 Å². The fourth-order valence-corrected chi connectivity index (χ4v) is 2.35. The number of carbonyl (C=O) groups is 2. The lowest BCUT2D eigenvalue weighted by Gasteiger charge is -2.35. The van der Waals surface area contributed by atoms with Gasteiger partial charge in [-0.05, 0) is 26.6 Å². The lowest BCUT2D eigenvalue weighted by Crippen LogP contribution is -2.56. The van der Waals surface area contributed by atoms with Crippen LogP contribution < -0.4 is 5.32 Å². The van der Waals surface area contributed by atoms with Gasteiger partial charge in [0.05, 0.1) is 6.61 Å². The molecule has 2 amide bonds. The molecule has 1 aliphatic rings. The van der Waals surface area contributed by atoms with Crippen molar-refractivity contribution in [1.29, 1.82) is 0 Å². The Bertz CT molecular complexity index is 533. The summed E-state index contributed by atoms with van der Waals surface area (Å²) in [7, 11) is 3.93. The molecule has 1 aliphatic heterocycles. The predicted octanol–water partition coefficient (Wildman–Crippen LogP) is 0.480. The van der Waals surface area contributed by atoms with Gasteiger partial charge in [0.25, 0.3) is 0 Å². The van der Waals surface area contributed by atoms with Crippen molar-refractivity contribution in [2.75, 3.05) is 33.9 Å². The Labute approximate surface area is 137 Å². The Balaban J connectivity index is 2.02. The summed E-state index contributed by atoms with van der Waals surface area (Å²) in [6, 6.07) is 9.32. The first kappa shape index (κ1) is 17.4. The van der Waals surface area contributed by atoms with Gasteiger partial charge in [0.2, 0.25) is 11.8 Å². The first-order chi connectivity index (χ1) is 11.0. The molecule has 1 aromatic carbocycles. The largest absolute Gasteiger partial charge is 0.369 e. The molecule has 0 radical (unpaired) electrons. The van der Waals surface area contributed by atoms with E-state index in [9.17, 15) is 9.59 Å². The maximum Gasteiger partial charge on any atom is 0.249 e. The summed E-state index contributed by atoms with van der Waals surface area (Å²) < 4.78 is 5.28. The monoisotopic (exact) mass is 319 g/mol. The van der Waals surface area contributed by atoms with Crippen molar-refractivity contribution in [3.63, 3.8) is 0 Å². The molecule has 0 spiro atoms. The second kappa shape index (κ2) is 8.08. The third-order valence-electron chi connectivity index (χ3n) is 4.15. The first-order valence-electron chi connectivity index (χ1n) is 7.84. The minimum Gasteiger partial charge on any atom is -0.369 e. The molecule has 0 aromatic heterocycles.